The molecule has 1 aromatic carbocycles. The van der Waals surface area contributed by atoms with Crippen molar-refractivity contribution >= 4 is 41.0 Å². The maximum absolute atomic E-state index is 10.6. The highest BCUT2D eigenvalue weighted by Crippen LogP contribution is 2.45. The first-order chi connectivity index (χ1) is 8.06. The Labute approximate surface area is 114 Å². The van der Waals surface area contributed by atoms with Crippen LogP contribution in [0.2, 0.25) is 0 Å². The first-order valence-corrected chi connectivity index (χ1v) is 8.63. The van der Waals surface area contributed by atoms with Crippen LogP contribution < -0.4 is 0 Å². The van der Waals surface area contributed by atoms with Gasteiger partial charge < -0.3 is 0 Å². The van der Waals surface area contributed by atoms with Crippen LogP contribution in [0.25, 0.3) is 0 Å². The Kier molecular flexibility index (Phi) is 5.69. The Balaban J connectivity index is 2.84. The highest BCUT2D eigenvalue weighted by molar-refractivity contribution is 8.33. The van der Waals surface area contributed by atoms with E-state index < -0.39 is 0 Å². The van der Waals surface area contributed by atoms with Gasteiger partial charge in [-0.3, -0.25) is 10.1 Å². The molecule has 3 nitrogen and oxygen atoms in total. The molecule has 0 unspecified atom stereocenters. The number of thioether (sulfide) groups is 3. The molecule has 0 N–H and O–H groups in total. The first-order valence-electron chi connectivity index (χ1n) is 4.95. The molecule has 0 spiro atoms. The molecule has 1 aromatic rings. The van der Waals surface area contributed by atoms with Crippen LogP contribution in [-0.2, 0) is 6.42 Å². The van der Waals surface area contributed by atoms with Crippen molar-refractivity contribution in [2.45, 2.75) is 9.83 Å². The van der Waals surface area contributed by atoms with Crippen LogP contribution in [-0.4, -0.2) is 27.1 Å². The molecule has 0 aliphatic carbocycles. The fourth-order valence-electron chi connectivity index (χ4n) is 1.45. The maximum atomic E-state index is 10.6. The van der Waals surface area contributed by atoms with E-state index in [1.807, 2.05) is 47.4 Å². The number of hydrogen-bond acceptors (Lipinski definition) is 5. The number of nitrogens with zero attached hydrogens (tertiary/aromatic N) is 1. The standard InChI is InChI=1S/C11H15NO2S3/c1-15-11(16-2,17-3)8-9-4-6-10(7-5-9)12(13)14/h4-7H,8H2,1-3H3. The Bertz CT molecular complexity index is 369. The molecule has 0 atom stereocenters. The summed E-state index contributed by atoms with van der Waals surface area (Å²) in [6, 6.07) is 6.83. The van der Waals surface area contributed by atoms with Gasteiger partial charge in [0.1, 0.15) is 3.41 Å². The van der Waals surface area contributed by atoms with Gasteiger partial charge in [0.15, 0.2) is 0 Å². The summed E-state index contributed by atoms with van der Waals surface area (Å²) in [5.74, 6) is 0. The molecule has 0 saturated heterocycles. The second kappa shape index (κ2) is 6.56. The Morgan fingerprint density at radius 2 is 1.59 bits per heavy atom. The number of benzene rings is 1. The number of hydrogen-bond donors (Lipinski definition) is 0. The fraction of sp³-hybridized carbons (Fsp3) is 0.455. The van der Waals surface area contributed by atoms with Crippen molar-refractivity contribution in [1.82, 2.24) is 0 Å². The fourth-order valence-corrected chi connectivity index (χ4v) is 4.39. The number of nitro benzene ring substituents is 1. The predicted molar refractivity (Wildman–Crippen MR) is 80.1 cm³/mol. The predicted octanol–water partition coefficient (Wildman–Crippen LogP) is 3.88. The Morgan fingerprint density at radius 3 is 1.94 bits per heavy atom. The second-order valence-corrected chi connectivity index (χ2v) is 7.49. The van der Waals surface area contributed by atoms with Crippen LogP contribution in [0, 0.1) is 10.1 Å². The van der Waals surface area contributed by atoms with Gasteiger partial charge in [0, 0.05) is 18.6 Å². The lowest BCUT2D eigenvalue weighted by Crippen LogP contribution is -2.17. The molecule has 94 valence electrons. The minimum absolute atomic E-state index is 0.0934. The van der Waals surface area contributed by atoms with Crippen molar-refractivity contribution in [2.24, 2.45) is 0 Å². The minimum Gasteiger partial charge on any atom is -0.258 e. The summed E-state index contributed by atoms with van der Waals surface area (Å²) in [6.07, 6.45) is 7.18. The van der Waals surface area contributed by atoms with Crippen LogP contribution >= 0.6 is 35.3 Å². The molecule has 6 heteroatoms. The van der Waals surface area contributed by atoms with Gasteiger partial charge >= 0.3 is 0 Å². The van der Waals surface area contributed by atoms with Crippen molar-refractivity contribution < 1.29 is 4.92 Å². The summed E-state index contributed by atoms with van der Waals surface area (Å²) in [6.45, 7) is 0. The molecule has 0 saturated carbocycles. The molecule has 0 fully saturated rings. The Morgan fingerprint density at radius 1 is 1.12 bits per heavy atom. The van der Waals surface area contributed by atoms with Gasteiger partial charge in [0.05, 0.1) is 4.92 Å². The lowest BCUT2D eigenvalue weighted by atomic mass is 10.1. The molecule has 0 aliphatic heterocycles. The topological polar surface area (TPSA) is 43.1 Å². The van der Waals surface area contributed by atoms with Gasteiger partial charge in [-0.05, 0) is 24.3 Å². The summed E-state index contributed by atoms with van der Waals surface area (Å²) in [4.78, 5) is 10.2. The highest BCUT2D eigenvalue weighted by atomic mass is 32.3. The lowest BCUT2D eigenvalue weighted by molar-refractivity contribution is -0.384. The first kappa shape index (κ1) is 14.7. The molecule has 0 bridgehead atoms. The molecule has 1 rings (SSSR count). The van der Waals surface area contributed by atoms with E-state index in [2.05, 4.69) is 18.8 Å². The van der Waals surface area contributed by atoms with Crippen molar-refractivity contribution in [3.63, 3.8) is 0 Å². The Hall–Kier alpha value is -0.330. The SMILES string of the molecule is CSC(Cc1ccc([N+](=O)[O-])cc1)(SC)SC. The molecular weight excluding hydrogens is 274 g/mol. The lowest BCUT2D eigenvalue weighted by Gasteiger charge is -2.28. The van der Waals surface area contributed by atoms with Gasteiger partial charge in [-0.1, -0.05) is 12.1 Å². The molecule has 17 heavy (non-hydrogen) atoms. The second-order valence-electron chi connectivity index (χ2n) is 3.40. The van der Waals surface area contributed by atoms with Gasteiger partial charge in [0.2, 0.25) is 0 Å². The zero-order chi connectivity index (χ0) is 12.9. The van der Waals surface area contributed by atoms with Gasteiger partial charge in [-0.15, -0.1) is 35.3 Å². The van der Waals surface area contributed by atoms with E-state index in [0.29, 0.717) is 0 Å². The zero-order valence-electron chi connectivity index (χ0n) is 10.0. The molecule has 0 aromatic heterocycles. The molecule has 0 amide bonds. The summed E-state index contributed by atoms with van der Waals surface area (Å²) in [5.41, 5.74) is 1.28. The van der Waals surface area contributed by atoms with Crippen molar-refractivity contribution in [3.05, 3.63) is 39.9 Å². The minimum atomic E-state index is -0.366. The molecular formula is C11H15NO2S3. The normalized spacial score (nSPS) is 11.5. The van der Waals surface area contributed by atoms with E-state index in [9.17, 15) is 10.1 Å². The van der Waals surface area contributed by atoms with Crippen LogP contribution in [0.3, 0.4) is 0 Å². The third kappa shape index (κ3) is 3.82. The smallest absolute Gasteiger partial charge is 0.258 e. The van der Waals surface area contributed by atoms with Crippen molar-refractivity contribution in [2.75, 3.05) is 18.8 Å². The highest BCUT2D eigenvalue weighted by Gasteiger charge is 2.27. The average Bonchev–Trinajstić information content (AvgIpc) is 2.37. The number of non-ortho nitro benzene ring substituents is 1. The van der Waals surface area contributed by atoms with E-state index in [1.54, 1.807) is 12.1 Å². The largest absolute Gasteiger partial charge is 0.269 e. The van der Waals surface area contributed by atoms with Crippen LogP contribution in [0.5, 0.6) is 0 Å². The van der Waals surface area contributed by atoms with Gasteiger partial charge in [0.25, 0.3) is 5.69 Å². The number of nitro groups is 1. The van der Waals surface area contributed by atoms with E-state index in [0.717, 1.165) is 12.0 Å². The van der Waals surface area contributed by atoms with Crippen LogP contribution in [0.4, 0.5) is 5.69 Å². The summed E-state index contributed by atoms with van der Waals surface area (Å²) in [7, 11) is 0. The summed E-state index contributed by atoms with van der Waals surface area (Å²) < 4.78 is 0.0934. The monoisotopic (exact) mass is 289 g/mol. The zero-order valence-corrected chi connectivity index (χ0v) is 12.5. The van der Waals surface area contributed by atoms with Crippen molar-refractivity contribution in [3.8, 4) is 0 Å². The van der Waals surface area contributed by atoms with E-state index >= 15 is 0 Å². The van der Waals surface area contributed by atoms with E-state index in [-0.39, 0.29) is 14.0 Å². The molecule has 0 radical (unpaired) electrons. The average molecular weight is 289 g/mol. The summed E-state index contributed by atoms with van der Waals surface area (Å²) in [5, 5.41) is 10.6. The number of rotatable bonds is 6. The molecule has 0 heterocycles. The van der Waals surface area contributed by atoms with Crippen LogP contribution in [0.1, 0.15) is 5.56 Å². The van der Waals surface area contributed by atoms with E-state index in [4.69, 9.17) is 0 Å². The van der Waals surface area contributed by atoms with Crippen LogP contribution in [0.15, 0.2) is 24.3 Å². The summed E-state index contributed by atoms with van der Waals surface area (Å²) >= 11 is 5.44. The molecule has 0 aliphatic rings. The third-order valence-corrected chi connectivity index (χ3v) is 7.80. The maximum Gasteiger partial charge on any atom is 0.269 e. The van der Waals surface area contributed by atoms with Gasteiger partial charge in [-0.2, -0.15) is 0 Å². The third-order valence-electron chi connectivity index (χ3n) is 2.50. The van der Waals surface area contributed by atoms with Gasteiger partial charge in [-0.25, -0.2) is 0 Å². The van der Waals surface area contributed by atoms with E-state index in [1.165, 1.54) is 0 Å². The quantitative estimate of drug-likeness (QED) is 0.452. The van der Waals surface area contributed by atoms with Crippen molar-refractivity contribution in [1.29, 1.82) is 0 Å².